The Hall–Kier alpha value is -0.900. The lowest BCUT2D eigenvalue weighted by Crippen LogP contribution is -2.44. The number of hydrogen-bond donors (Lipinski definition) is 3. The summed E-state index contributed by atoms with van der Waals surface area (Å²) in [6, 6.07) is 9.76. The van der Waals surface area contributed by atoms with Crippen molar-refractivity contribution in [2.75, 3.05) is 0 Å². The maximum Gasteiger partial charge on any atom is 0.108 e. The summed E-state index contributed by atoms with van der Waals surface area (Å²) >= 11 is 0. The average Bonchev–Trinajstić information content (AvgIpc) is 2.25. The van der Waals surface area contributed by atoms with Gasteiger partial charge in [-0.25, -0.2) is 0 Å². The molecule has 0 bridgehead atoms. The predicted octanol–water partition coefficient (Wildman–Crippen LogP) is 1.11. The highest BCUT2D eigenvalue weighted by atomic mass is 16.4. The summed E-state index contributed by atoms with van der Waals surface area (Å²) in [7, 11) is 0. The number of hydrogen-bond acceptors (Lipinski definition) is 3. The smallest absolute Gasteiger partial charge is 0.108 e. The lowest BCUT2D eigenvalue weighted by molar-refractivity contribution is -0.107. The average molecular weight is 224 g/mol. The molecule has 2 atom stereocenters. The number of benzene rings is 1. The number of aliphatic hydroxyl groups is 3. The van der Waals surface area contributed by atoms with Crippen LogP contribution in [0, 0.1) is 0 Å². The number of rotatable bonds is 5. The third kappa shape index (κ3) is 3.93. The van der Waals surface area contributed by atoms with E-state index in [1.807, 2.05) is 30.3 Å². The van der Waals surface area contributed by atoms with E-state index in [2.05, 4.69) is 0 Å². The zero-order valence-electron chi connectivity index (χ0n) is 9.80. The van der Waals surface area contributed by atoms with Crippen LogP contribution in [0.15, 0.2) is 30.3 Å². The summed E-state index contributed by atoms with van der Waals surface area (Å²) in [5.41, 5.74) is -0.152. The van der Waals surface area contributed by atoms with Crippen LogP contribution >= 0.6 is 0 Å². The van der Waals surface area contributed by atoms with Crippen LogP contribution in [0.1, 0.15) is 25.8 Å². The second-order valence-electron chi connectivity index (χ2n) is 4.69. The summed E-state index contributed by atoms with van der Waals surface area (Å²) in [6.45, 7) is 2.98. The van der Waals surface area contributed by atoms with Crippen LogP contribution in [0.25, 0.3) is 0 Å². The van der Waals surface area contributed by atoms with Gasteiger partial charge in [-0.05, 0) is 32.3 Å². The van der Waals surface area contributed by atoms with Crippen LogP contribution in [-0.2, 0) is 6.42 Å². The van der Waals surface area contributed by atoms with Crippen molar-refractivity contribution < 1.29 is 15.3 Å². The van der Waals surface area contributed by atoms with Gasteiger partial charge < -0.3 is 15.3 Å². The molecule has 3 nitrogen and oxygen atoms in total. The van der Waals surface area contributed by atoms with Crippen molar-refractivity contribution in [3.8, 4) is 0 Å². The quantitative estimate of drug-likeness (QED) is 0.702. The first-order valence-corrected chi connectivity index (χ1v) is 5.53. The minimum absolute atomic E-state index is 0.440. The summed E-state index contributed by atoms with van der Waals surface area (Å²) in [5, 5.41) is 28.9. The van der Waals surface area contributed by atoms with Crippen LogP contribution in [-0.4, -0.2) is 33.1 Å². The Balaban J connectivity index is 2.44. The first kappa shape index (κ1) is 13.2. The molecular formula is C13H20O3. The first-order chi connectivity index (χ1) is 7.41. The van der Waals surface area contributed by atoms with Crippen LogP contribution in [0.5, 0.6) is 0 Å². The summed E-state index contributed by atoms with van der Waals surface area (Å²) in [6.07, 6.45) is -0.888. The Bertz CT molecular complexity index is 303. The molecule has 0 unspecified atom stereocenters. The van der Waals surface area contributed by atoms with E-state index >= 15 is 0 Å². The van der Waals surface area contributed by atoms with Crippen molar-refractivity contribution in [1.29, 1.82) is 0 Å². The maximum atomic E-state index is 9.70. The highest BCUT2D eigenvalue weighted by Gasteiger charge is 2.30. The molecule has 3 N–H and O–H groups in total. The molecular weight excluding hydrogens is 204 g/mol. The minimum atomic E-state index is -1.27. The molecule has 0 radical (unpaired) electrons. The lowest BCUT2D eigenvalue weighted by Gasteiger charge is -2.28. The van der Waals surface area contributed by atoms with E-state index in [4.69, 9.17) is 0 Å². The van der Waals surface area contributed by atoms with E-state index in [1.165, 1.54) is 13.8 Å². The van der Waals surface area contributed by atoms with Crippen LogP contribution < -0.4 is 0 Å². The van der Waals surface area contributed by atoms with Gasteiger partial charge in [0.05, 0.1) is 11.7 Å². The van der Waals surface area contributed by atoms with Gasteiger partial charge in [-0.15, -0.1) is 0 Å². The van der Waals surface area contributed by atoms with E-state index in [1.54, 1.807) is 0 Å². The molecule has 0 aliphatic rings. The van der Waals surface area contributed by atoms with E-state index in [0.717, 1.165) is 5.56 Å². The molecule has 0 amide bonds. The molecule has 0 aliphatic heterocycles. The molecule has 0 heterocycles. The molecule has 90 valence electrons. The predicted molar refractivity (Wildman–Crippen MR) is 63.1 cm³/mol. The van der Waals surface area contributed by atoms with Crippen LogP contribution in [0.2, 0.25) is 0 Å². The fraction of sp³-hybridized carbons (Fsp3) is 0.538. The molecule has 1 aromatic rings. The van der Waals surface area contributed by atoms with Crippen LogP contribution in [0.4, 0.5) is 0 Å². The third-order valence-corrected chi connectivity index (χ3v) is 2.66. The van der Waals surface area contributed by atoms with E-state index in [0.29, 0.717) is 12.8 Å². The number of aliphatic hydroxyl groups excluding tert-OH is 2. The van der Waals surface area contributed by atoms with Gasteiger partial charge in [-0.1, -0.05) is 30.3 Å². The monoisotopic (exact) mass is 224 g/mol. The minimum Gasteiger partial charge on any atom is -0.390 e. The molecule has 0 saturated heterocycles. The Morgan fingerprint density at radius 1 is 1.12 bits per heavy atom. The van der Waals surface area contributed by atoms with Crippen LogP contribution in [0.3, 0.4) is 0 Å². The highest BCUT2D eigenvalue weighted by Crippen LogP contribution is 2.16. The largest absolute Gasteiger partial charge is 0.390 e. The summed E-state index contributed by atoms with van der Waals surface area (Å²) in [5.74, 6) is 0. The van der Waals surface area contributed by atoms with Gasteiger partial charge in [0.2, 0.25) is 0 Å². The molecule has 0 fully saturated rings. The van der Waals surface area contributed by atoms with Crippen molar-refractivity contribution in [1.82, 2.24) is 0 Å². The SMILES string of the molecule is CC(C)(O)[C@@H](O)[C@H](O)CCc1ccccc1. The Labute approximate surface area is 96.4 Å². The second-order valence-corrected chi connectivity index (χ2v) is 4.69. The Morgan fingerprint density at radius 2 is 1.69 bits per heavy atom. The molecule has 0 spiro atoms. The Morgan fingerprint density at radius 3 is 2.19 bits per heavy atom. The van der Waals surface area contributed by atoms with E-state index < -0.39 is 17.8 Å². The van der Waals surface area contributed by atoms with Gasteiger partial charge in [-0.2, -0.15) is 0 Å². The highest BCUT2D eigenvalue weighted by molar-refractivity contribution is 5.14. The van der Waals surface area contributed by atoms with Gasteiger partial charge >= 0.3 is 0 Å². The van der Waals surface area contributed by atoms with Crippen molar-refractivity contribution >= 4 is 0 Å². The first-order valence-electron chi connectivity index (χ1n) is 5.53. The summed E-state index contributed by atoms with van der Waals surface area (Å²) < 4.78 is 0. The third-order valence-electron chi connectivity index (χ3n) is 2.66. The molecule has 0 aliphatic carbocycles. The maximum absolute atomic E-state index is 9.70. The molecule has 1 rings (SSSR count). The van der Waals surface area contributed by atoms with Crippen molar-refractivity contribution in [3.63, 3.8) is 0 Å². The second kappa shape index (κ2) is 5.43. The van der Waals surface area contributed by atoms with Gasteiger partial charge in [0.15, 0.2) is 0 Å². The van der Waals surface area contributed by atoms with E-state index in [-0.39, 0.29) is 0 Å². The fourth-order valence-corrected chi connectivity index (χ4v) is 1.59. The normalized spacial score (nSPS) is 15.8. The van der Waals surface area contributed by atoms with Crippen molar-refractivity contribution in [3.05, 3.63) is 35.9 Å². The fourth-order valence-electron chi connectivity index (χ4n) is 1.59. The molecule has 0 saturated carbocycles. The standard InChI is InChI=1S/C13H20O3/c1-13(2,16)12(15)11(14)9-8-10-6-4-3-5-7-10/h3-7,11-12,14-16H,8-9H2,1-2H3/t11-,12+/m1/s1. The zero-order valence-corrected chi connectivity index (χ0v) is 9.80. The van der Waals surface area contributed by atoms with Gasteiger partial charge in [0.25, 0.3) is 0 Å². The Kier molecular flexibility index (Phi) is 4.47. The van der Waals surface area contributed by atoms with Gasteiger partial charge in [0.1, 0.15) is 6.10 Å². The topological polar surface area (TPSA) is 60.7 Å². The van der Waals surface area contributed by atoms with E-state index in [9.17, 15) is 15.3 Å². The number of aryl methyl sites for hydroxylation is 1. The van der Waals surface area contributed by atoms with Gasteiger partial charge in [-0.3, -0.25) is 0 Å². The van der Waals surface area contributed by atoms with Crippen molar-refractivity contribution in [2.24, 2.45) is 0 Å². The molecule has 1 aromatic carbocycles. The van der Waals surface area contributed by atoms with Crippen molar-refractivity contribution in [2.45, 2.75) is 44.5 Å². The van der Waals surface area contributed by atoms with Gasteiger partial charge in [0, 0.05) is 0 Å². The zero-order chi connectivity index (χ0) is 12.2. The summed E-state index contributed by atoms with van der Waals surface area (Å²) in [4.78, 5) is 0. The molecule has 0 aromatic heterocycles. The lowest BCUT2D eigenvalue weighted by atomic mass is 9.93. The molecule has 3 heteroatoms. The molecule has 16 heavy (non-hydrogen) atoms.